The van der Waals surface area contributed by atoms with Gasteiger partial charge in [0.2, 0.25) is 0 Å². The Hall–Kier alpha value is -1.64. The van der Waals surface area contributed by atoms with E-state index in [1.807, 2.05) is 30.3 Å². The lowest BCUT2D eigenvalue weighted by molar-refractivity contribution is 0.0841. The molecule has 22 heavy (non-hydrogen) atoms. The highest BCUT2D eigenvalue weighted by atomic mass is 32.2. The maximum Gasteiger partial charge on any atom is 0.410 e. The number of hydrogen-bond acceptors (Lipinski definition) is 6. The van der Waals surface area contributed by atoms with Gasteiger partial charge in [0.25, 0.3) is 10.1 Å². The van der Waals surface area contributed by atoms with Crippen molar-refractivity contribution in [2.75, 3.05) is 32.4 Å². The van der Waals surface area contributed by atoms with Gasteiger partial charge in [-0.15, -0.1) is 0 Å². The number of ether oxygens (including phenoxy) is 1. The Kier molecular flexibility index (Phi) is 5.76. The van der Waals surface area contributed by atoms with Gasteiger partial charge in [0, 0.05) is 19.6 Å². The molecule has 1 amide bonds. The molecule has 0 aromatic heterocycles. The standard InChI is InChI=1S/C14H20N2O5S/c1-22(18,19)21-13-9-15-7-8-16(10-13)14(17)20-11-12-5-3-2-4-6-12/h2-6,13,15H,7-11H2,1H3. The average molecular weight is 328 g/mol. The minimum Gasteiger partial charge on any atom is -0.445 e. The molecule has 1 aliphatic rings. The number of carbonyl (C=O) groups is 1. The molecule has 1 N–H and O–H groups in total. The van der Waals surface area contributed by atoms with Crippen LogP contribution in [0.3, 0.4) is 0 Å². The van der Waals surface area contributed by atoms with Crippen LogP contribution < -0.4 is 5.32 Å². The number of rotatable bonds is 4. The lowest BCUT2D eigenvalue weighted by Crippen LogP contribution is -2.39. The van der Waals surface area contributed by atoms with Crippen LogP contribution in [0.1, 0.15) is 5.56 Å². The first-order valence-corrected chi connectivity index (χ1v) is 8.80. The monoisotopic (exact) mass is 328 g/mol. The second kappa shape index (κ2) is 7.57. The van der Waals surface area contributed by atoms with E-state index in [-0.39, 0.29) is 13.2 Å². The zero-order valence-corrected chi connectivity index (χ0v) is 13.2. The predicted molar refractivity (Wildman–Crippen MR) is 80.8 cm³/mol. The van der Waals surface area contributed by atoms with Gasteiger partial charge < -0.3 is 15.0 Å². The maximum absolute atomic E-state index is 12.1. The molecular formula is C14H20N2O5S. The van der Waals surface area contributed by atoms with Crippen molar-refractivity contribution in [1.82, 2.24) is 10.2 Å². The van der Waals surface area contributed by atoms with E-state index >= 15 is 0 Å². The lowest BCUT2D eigenvalue weighted by atomic mass is 10.2. The van der Waals surface area contributed by atoms with Crippen molar-refractivity contribution in [2.45, 2.75) is 12.7 Å². The average Bonchev–Trinajstić information content (AvgIpc) is 2.69. The SMILES string of the molecule is CS(=O)(=O)OC1CNCCN(C(=O)OCc2ccccc2)C1. The first kappa shape index (κ1) is 16.7. The van der Waals surface area contributed by atoms with Gasteiger partial charge in [-0.1, -0.05) is 30.3 Å². The third kappa shape index (κ3) is 5.63. The molecule has 2 rings (SSSR count). The Labute approximate surface area is 130 Å². The summed E-state index contributed by atoms with van der Waals surface area (Å²) in [6.45, 7) is 1.73. The Bertz CT molecular complexity index is 591. The van der Waals surface area contributed by atoms with Crippen molar-refractivity contribution < 1.29 is 22.1 Å². The van der Waals surface area contributed by atoms with Crippen molar-refractivity contribution >= 4 is 16.2 Å². The van der Waals surface area contributed by atoms with E-state index in [1.165, 1.54) is 4.90 Å². The summed E-state index contributed by atoms with van der Waals surface area (Å²) >= 11 is 0. The van der Waals surface area contributed by atoms with E-state index in [4.69, 9.17) is 8.92 Å². The van der Waals surface area contributed by atoms with E-state index < -0.39 is 22.3 Å². The van der Waals surface area contributed by atoms with Gasteiger partial charge in [-0.05, 0) is 5.56 Å². The van der Waals surface area contributed by atoms with Gasteiger partial charge in [0.05, 0.1) is 12.8 Å². The van der Waals surface area contributed by atoms with Crippen LogP contribution in [-0.2, 0) is 25.6 Å². The number of amides is 1. The number of benzene rings is 1. The van der Waals surface area contributed by atoms with Crippen molar-refractivity contribution in [3.63, 3.8) is 0 Å². The molecule has 1 saturated heterocycles. The number of carbonyl (C=O) groups excluding carboxylic acids is 1. The number of nitrogens with one attached hydrogen (secondary N) is 1. The van der Waals surface area contributed by atoms with Crippen LogP contribution in [0, 0.1) is 0 Å². The summed E-state index contributed by atoms with van der Waals surface area (Å²) in [7, 11) is -3.56. The minimum atomic E-state index is -3.56. The van der Waals surface area contributed by atoms with Crippen LogP contribution in [0.5, 0.6) is 0 Å². The van der Waals surface area contributed by atoms with E-state index in [1.54, 1.807) is 0 Å². The summed E-state index contributed by atoms with van der Waals surface area (Å²) in [5.41, 5.74) is 0.896. The Morgan fingerprint density at radius 3 is 2.77 bits per heavy atom. The highest BCUT2D eigenvalue weighted by Gasteiger charge is 2.25. The topological polar surface area (TPSA) is 84.9 Å². The van der Waals surface area contributed by atoms with Gasteiger partial charge in [0.1, 0.15) is 12.7 Å². The molecule has 0 radical (unpaired) electrons. The zero-order valence-electron chi connectivity index (χ0n) is 12.4. The number of nitrogens with zero attached hydrogens (tertiary/aromatic N) is 1. The predicted octanol–water partition coefficient (Wildman–Crippen LogP) is 0.573. The third-order valence-electron chi connectivity index (χ3n) is 3.13. The zero-order chi connectivity index (χ0) is 16.0. The molecule has 7 nitrogen and oxygen atoms in total. The van der Waals surface area contributed by atoms with E-state index in [9.17, 15) is 13.2 Å². The minimum absolute atomic E-state index is 0.174. The van der Waals surface area contributed by atoms with Gasteiger partial charge in [-0.2, -0.15) is 8.42 Å². The molecule has 0 saturated carbocycles. The fraction of sp³-hybridized carbons (Fsp3) is 0.500. The first-order chi connectivity index (χ1) is 10.4. The van der Waals surface area contributed by atoms with Crippen molar-refractivity contribution in [1.29, 1.82) is 0 Å². The van der Waals surface area contributed by atoms with E-state index in [0.29, 0.717) is 19.6 Å². The highest BCUT2D eigenvalue weighted by Crippen LogP contribution is 2.08. The summed E-state index contributed by atoms with van der Waals surface area (Å²) < 4.78 is 32.6. The van der Waals surface area contributed by atoms with Gasteiger partial charge in [-0.25, -0.2) is 4.79 Å². The molecule has 1 unspecified atom stereocenters. The van der Waals surface area contributed by atoms with Crippen LogP contribution in [-0.4, -0.2) is 57.9 Å². The summed E-state index contributed by atoms with van der Waals surface area (Å²) in [6, 6.07) is 9.36. The first-order valence-electron chi connectivity index (χ1n) is 6.98. The molecule has 1 aromatic carbocycles. The van der Waals surface area contributed by atoms with Crippen LogP contribution in [0.4, 0.5) is 4.79 Å². The summed E-state index contributed by atoms with van der Waals surface area (Å²) in [5.74, 6) is 0. The second-order valence-electron chi connectivity index (χ2n) is 5.11. The lowest BCUT2D eigenvalue weighted by Gasteiger charge is -2.22. The van der Waals surface area contributed by atoms with E-state index in [2.05, 4.69) is 5.32 Å². The molecule has 1 aliphatic heterocycles. The normalized spacial score (nSPS) is 19.5. The van der Waals surface area contributed by atoms with Crippen molar-refractivity contribution in [2.24, 2.45) is 0 Å². The second-order valence-corrected chi connectivity index (χ2v) is 6.71. The molecule has 8 heteroatoms. The summed E-state index contributed by atoms with van der Waals surface area (Å²) in [6.07, 6.45) is -0.0907. The Morgan fingerprint density at radius 1 is 1.36 bits per heavy atom. The van der Waals surface area contributed by atoms with Crippen LogP contribution in [0.2, 0.25) is 0 Å². The molecule has 0 spiro atoms. The molecular weight excluding hydrogens is 308 g/mol. The van der Waals surface area contributed by atoms with Crippen molar-refractivity contribution in [3.05, 3.63) is 35.9 Å². The fourth-order valence-corrected chi connectivity index (χ4v) is 2.79. The van der Waals surface area contributed by atoms with Gasteiger partial charge in [-0.3, -0.25) is 4.18 Å². The summed E-state index contributed by atoms with van der Waals surface area (Å²) in [5, 5.41) is 3.04. The van der Waals surface area contributed by atoms with Crippen molar-refractivity contribution in [3.8, 4) is 0 Å². The Balaban J connectivity index is 1.90. The van der Waals surface area contributed by atoms with Crippen LogP contribution in [0.15, 0.2) is 30.3 Å². The largest absolute Gasteiger partial charge is 0.445 e. The van der Waals surface area contributed by atoms with E-state index in [0.717, 1.165) is 11.8 Å². The number of hydrogen-bond donors (Lipinski definition) is 1. The Morgan fingerprint density at radius 2 is 2.09 bits per heavy atom. The summed E-state index contributed by atoms with van der Waals surface area (Å²) in [4.78, 5) is 13.6. The maximum atomic E-state index is 12.1. The fourth-order valence-electron chi connectivity index (χ4n) is 2.17. The molecule has 1 fully saturated rings. The van der Waals surface area contributed by atoms with Crippen LogP contribution >= 0.6 is 0 Å². The van der Waals surface area contributed by atoms with Crippen LogP contribution in [0.25, 0.3) is 0 Å². The van der Waals surface area contributed by atoms with Gasteiger partial charge in [0.15, 0.2) is 0 Å². The van der Waals surface area contributed by atoms with Gasteiger partial charge >= 0.3 is 6.09 Å². The molecule has 1 aromatic rings. The third-order valence-corrected chi connectivity index (χ3v) is 3.75. The molecule has 122 valence electrons. The molecule has 0 aliphatic carbocycles. The molecule has 1 heterocycles. The smallest absolute Gasteiger partial charge is 0.410 e. The quantitative estimate of drug-likeness (QED) is 0.814. The highest BCUT2D eigenvalue weighted by molar-refractivity contribution is 7.86. The molecule has 0 bridgehead atoms. The molecule has 1 atom stereocenters.